The number of aromatic nitrogens is 1. The van der Waals surface area contributed by atoms with Crippen molar-refractivity contribution in [2.75, 3.05) is 20.3 Å². The van der Waals surface area contributed by atoms with Gasteiger partial charge in [-0.2, -0.15) is 0 Å². The summed E-state index contributed by atoms with van der Waals surface area (Å²) in [4.78, 5) is 3.98. The molecular formula is C8H12N2O2. The number of hydrogen-bond donors (Lipinski definition) is 1. The van der Waals surface area contributed by atoms with E-state index < -0.39 is 0 Å². The highest BCUT2D eigenvalue weighted by molar-refractivity contribution is 5.22. The summed E-state index contributed by atoms with van der Waals surface area (Å²) in [6, 6.07) is 3.54. The maximum Gasteiger partial charge on any atom is 0.213 e. The van der Waals surface area contributed by atoms with Gasteiger partial charge >= 0.3 is 0 Å². The molecule has 0 aliphatic heterocycles. The molecule has 1 aromatic rings. The molecule has 1 heterocycles. The van der Waals surface area contributed by atoms with Crippen molar-refractivity contribution in [2.24, 2.45) is 5.73 Å². The fourth-order valence-corrected chi connectivity index (χ4v) is 0.736. The van der Waals surface area contributed by atoms with Gasteiger partial charge in [-0.3, -0.25) is 0 Å². The monoisotopic (exact) mass is 168 g/mol. The minimum absolute atomic E-state index is 0.485. The summed E-state index contributed by atoms with van der Waals surface area (Å²) < 4.78 is 10.1. The molecule has 0 atom stereocenters. The molecule has 0 spiro atoms. The van der Waals surface area contributed by atoms with Gasteiger partial charge in [-0.15, -0.1) is 0 Å². The molecule has 0 saturated heterocycles. The van der Waals surface area contributed by atoms with Crippen LogP contribution in [0, 0.1) is 0 Å². The van der Waals surface area contributed by atoms with Crippen molar-refractivity contribution in [3.63, 3.8) is 0 Å². The number of hydrogen-bond acceptors (Lipinski definition) is 4. The van der Waals surface area contributed by atoms with E-state index in [0.29, 0.717) is 19.0 Å². The Bertz CT molecular complexity index is 223. The molecule has 0 amide bonds. The first-order chi connectivity index (χ1) is 5.86. The van der Waals surface area contributed by atoms with Crippen LogP contribution in [0.5, 0.6) is 11.6 Å². The van der Waals surface area contributed by atoms with E-state index >= 15 is 0 Å². The number of methoxy groups -OCH3 is 1. The molecule has 12 heavy (non-hydrogen) atoms. The van der Waals surface area contributed by atoms with Crippen molar-refractivity contribution in [1.29, 1.82) is 0 Å². The van der Waals surface area contributed by atoms with Gasteiger partial charge in [0.05, 0.1) is 13.3 Å². The van der Waals surface area contributed by atoms with Gasteiger partial charge in [-0.25, -0.2) is 4.98 Å². The van der Waals surface area contributed by atoms with Crippen LogP contribution in [0.15, 0.2) is 18.3 Å². The fraction of sp³-hybridized carbons (Fsp3) is 0.375. The largest absolute Gasteiger partial charge is 0.495 e. The molecule has 2 N–H and O–H groups in total. The van der Waals surface area contributed by atoms with Crippen molar-refractivity contribution < 1.29 is 9.47 Å². The first kappa shape index (κ1) is 8.80. The smallest absolute Gasteiger partial charge is 0.213 e. The number of ether oxygens (including phenoxy) is 2. The van der Waals surface area contributed by atoms with Crippen LogP contribution in [-0.4, -0.2) is 25.2 Å². The van der Waals surface area contributed by atoms with E-state index in [9.17, 15) is 0 Å². The number of pyridine rings is 1. The van der Waals surface area contributed by atoms with E-state index in [2.05, 4.69) is 4.98 Å². The van der Waals surface area contributed by atoms with Gasteiger partial charge in [0.25, 0.3) is 0 Å². The second-order valence-corrected chi connectivity index (χ2v) is 2.17. The van der Waals surface area contributed by atoms with E-state index in [1.54, 1.807) is 25.4 Å². The zero-order chi connectivity index (χ0) is 8.81. The summed E-state index contributed by atoms with van der Waals surface area (Å²) >= 11 is 0. The predicted octanol–water partition coefficient (Wildman–Crippen LogP) is 0.428. The molecule has 0 saturated carbocycles. The van der Waals surface area contributed by atoms with Crippen LogP contribution in [0.3, 0.4) is 0 Å². The molecular weight excluding hydrogens is 156 g/mol. The lowest BCUT2D eigenvalue weighted by Crippen LogP contribution is -2.11. The highest BCUT2D eigenvalue weighted by atomic mass is 16.5. The average Bonchev–Trinajstić information content (AvgIpc) is 2.15. The van der Waals surface area contributed by atoms with Gasteiger partial charge in [-0.1, -0.05) is 0 Å². The Morgan fingerprint density at radius 1 is 1.50 bits per heavy atom. The second kappa shape index (κ2) is 4.56. The minimum Gasteiger partial charge on any atom is -0.495 e. The van der Waals surface area contributed by atoms with E-state index in [4.69, 9.17) is 15.2 Å². The Kier molecular flexibility index (Phi) is 3.35. The fourth-order valence-electron chi connectivity index (χ4n) is 0.736. The van der Waals surface area contributed by atoms with Crippen LogP contribution in [0.2, 0.25) is 0 Å². The molecule has 4 heteroatoms. The van der Waals surface area contributed by atoms with Crippen LogP contribution >= 0.6 is 0 Å². The van der Waals surface area contributed by atoms with Gasteiger partial charge in [0, 0.05) is 12.6 Å². The molecule has 0 aliphatic carbocycles. The van der Waals surface area contributed by atoms with E-state index in [0.717, 1.165) is 5.75 Å². The minimum atomic E-state index is 0.485. The summed E-state index contributed by atoms with van der Waals surface area (Å²) in [5.41, 5.74) is 5.25. The summed E-state index contributed by atoms with van der Waals surface area (Å²) in [6.45, 7) is 0.979. The SMILES string of the molecule is COc1ccc(OCCN)nc1. The Morgan fingerprint density at radius 2 is 2.33 bits per heavy atom. The number of rotatable bonds is 4. The third-order valence-corrected chi connectivity index (χ3v) is 1.31. The van der Waals surface area contributed by atoms with Gasteiger partial charge in [-0.05, 0) is 6.07 Å². The van der Waals surface area contributed by atoms with Crippen LogP contribution in [0.1, 0.15) is 0 Å². The molecule has 0 aliphatic rings. The van der Waals surface area contributed by atoms with Crippen LogP contribution in [0.4, 0.5) is 0 Å². The molecule has 1 rings (SSSR count). The standard InChI is InChI=1S/C8H12N2O2/c1-11-7-2-3-8(10-6-7)12-5-4-9/h2-3,6H,4-5,9H2,1H3. The molecule has 0 unspecified atom stereocenters. The molecule has 0 fully saturated rings. The highest BCUT2D eigenvalue weighted by Gasteiger charge is 1.94. The summed E-state index contributed by atoms with van der Waals surface area (Å²) in [7, 11) is 1.59. The Morgan fingerprint density at radius 3 is 2.83 bits per heavy atom. The first-order valence-corrected chi connectivity index (χ1v) is 3.69. The van der Waals surface area contributed by atoms with Crippen molar-refractivity contribution in [3.8, 4) is 11.6 Å². The molecule has 66 valence electrons. The van der Waals surface area contributed by atoms with Gasteiger partial charge in [0.1, 0.15) is 12.4 Å². The van der Waals surface area contributed by atoms with Crippen molar-refractivity contribution in [3.05, 3.63) is 18.3 Å². The second-order valence-electron chi connectivity index (χ2n) is 2.17. The molecule has 4 nitrogen and oxygen atoms in total. The molecule has 0 aromatic carbocycles. The average molecular weight is 168 g/mol. The zero-order valence-electron chi connectivity index (χ0n) is 6.99. The third kappa shape index (κ3) is 2.39. The Hall–Kier alpha value is -1.29. The van der Waals surface area contributed by atoms with Gasteiger partial charge in [0.2, 0.25) is 5.88 Å². The summed E-state index contributed by atoms with van der Waals surface area (Å²) in [6.07, 6.45) is 1.60. The lowest BCUT2D eigenvalue weighted by atomic mass is 10.4. The Balaban J connectivity index is 2.53. The van der Waals surface area contributed by atoms with Crippen LogP contribution < -0.4 is 15.2 Å². The van der Waals surface area contributed by atoms with Crippen molar-refractivity contribution in [2.45, 2.75) is 0 Å². The van der Waals surface area contributed by atoms with Crippen LogP contribution in [0.25, 0.3) is 0 Å². The lowest BCUT2D eigenvalue weighted by molar-refractivity contribution is 0.314. The molecule has 0 bridgehead atoms. The quantitative estimate of drug-likeness (QED) is 0.708. The topological polar surface area (TPSA) is 57.4 Å². The van der Waals surface area contributed by atoms with Crippen molar-refractivity contribution >= 4 is 0 Å². The van der Waals surface area contributed by atoms with Gasteiger partial charge < -0.3 is 15.2 Å². The van der Waals surface area contributed by atoms with Crippen LogP contribution in [-0.2, 0) is 0 Å². The Labute approximate surface area is 71.3 Å². The molecule has 0 radical (unpaired) electrons. The molecule has 1 aromatic heterocycles. The van der Waals surface area contributed by atoms with E-state index in [1.165, 1.54) is 0 Å². The van der Waals surface area contributed by atoms with E-state index in [-0.39, 0.29) is 0 Å². The first-order valence-electron chi connectivity index (χ1n) is 3.69. The van der Waals surface area contributed by atoms with Gasteiger partial charge in [0.15, 0.2) is 0 Å². The predicted molar refractivity (Wildman–Crippen MR) is 45.3 cm³/mol. The van der Waals surface area contributed by atoms with E-state index in [1.807, 2.05) is 0 Å². The highest BCUT2D eigenvalue weighted by Crippen LogP contribution is 2.12. The summed E-state index contributed by atoms with van der Waals surface area (Å²) in [5, 5.41) is 0. The van der Waals surface area contributed by atoms with Crippen molar-refractivity contribution in [1.82, 2.24) is 4.98 Å². The third-order valence-electron chi connectivity index (χ3n) is 1.31. The maximum atomic E-state index is 5.25. The maximum absolute atomic E-state index is 5.25. The normalized spacial score (nSPS) is 9.50. The zero-order valence-corrected chi connectivity index (χ0v) is 6.99. The lowest BCUT2D eigenvalue weighted by Gasteiger charge is -2.03. The number of nitrogens with two attached hydrogens (primary N) is 1. The summed E-state index contributed by atoms with van der Waals surface area (Å²) in [5.74, 6) is 1.29. The number of nitrogens with zero attached hydrogens (tertiary/aromatic N) is 1.